The molecule has 0 amide bonds. The van der Waals surface area contributed by atoms with Crippen molar-refractivity contribution in [3.63, 3.8) is 0 Å². The van der Waals surface area contributed by atoms with Gasteiger partial charge in [-0.1, -0.05) is 17.7 Å². The number of hydrogen-bond acceptors (Lipinski definition) is 4. The predicted octanol–water partition coefficient (Wildman–Crippen LogP) is 3.87. The molecular weight excluding hydrogens is 288 g/mol. The average molecular weight is 301 g/mol. The number of nitrogens with zero attached hydrogens (tertiary/aromatic N) is 2. The molecule has 1 aromatic heterocycles. The zero-order valence-corrected chi connectivity index (χ0v) is 12.2. The van der Waals surface area contributed by atoms with Crippen molar-refractivity contribution in [3.05, 3.63) is 59.5 Å². The Hall–Kier alpha value is -2.33. The maximum absolute atomic E-state index is 5.94. The first-order chi connectivity index (χ1) is 10.3. The van der Waals surface area contributed by atoms with Crippen LogP contribution in [0.25, 0.3) is 10.9 Å². The number of ether oxygens (including phenoxy) is 2. The van der Waals surface area contributed by atoms with Crippen molar-refractivity contribution in [1.82, 2.24) is 9.97 Å². The van der Waals surface area contributed by atoms with E-state index in [1.165, 1.54) is 6.33 Å². The fourth-order valence-corrected chi connectivity index (χ4v) is 2.20. The van der Waals surface area contributed by atoms with Crippen LogP contribution in [0.2, 0.25) is 5.02 Å². The van der Waals surface area contributed by atoms with E-state index < -0.39 is 0 Å². The van der Waals surface area contributed by atoms with Crippen molar-refractivity contribution in [2.75, 3.05) is 7.11 Å². The lowest BCUT2D eigenvalue weighted by molar-refractivity contribution is 0.297. The summed E-state index contributed by atoms with van der Waals surface area (Å²) in [5.74, 6) is 1.46. The number of rotatable bonds is 4. The molecule has 0 aliphatic rings. The first-order valence-corrected chi connectivity index (χ1v) is 6.79. The summed E-state index contributed by atoms with van der Waals surface area (Å²) in [5.41, 5.74) is 1.79. The summed E-state index contributed by atoms with van der Waals surface area (Å²) >= 11 is 5.94. The smallest absolute Gasteiger partial charge is 0.126 e. The van der Waals surface area contributed by atoms with Gasteiger partial charge in [-0.15, -0.1) is 0 Å². The Balaban J connectivity index is 1.80. The molecule has 1 heterocycles. The second kappa shape index (κ2) is 5.97. The van der Waals surface area contributed by atoms with Crippen LogP contribution >= 0.6 is 11.6 Å². The summed E-state index contributed by atoms with van der Waals surface area (Å²) in [7, 11) is 1.61. The van der Waals surface area contributed by atoms with Gasteiger partial charge in [0.2, 0.25) is 0 Å². The van der Waals surface area contributed by atoms with Crippen molar-refractivity contribution < 1.29 is 9.47 Å². The lowest BCUT2D eigenvalue weighted by Crippen LogP contribution is -1.98. The van der Waals surface area contributed by atoms with Crippen LogP contribution in [0.15, 0.2) is 48.9 Å². The molecule has 0 spiro atoms. The number of benzene rings is 2. The van der Waals surface area contributed by atoms with Crippen LogP contribution in [-0.2, 0) is 6.61 Å². The molecule has 0 fully saturated rings. The molecule has 3 aromatic rings. The SMILES string of the molecule is COc1cc(Cl)ccc1COc1ccc2cncnc2c1. The summed E-state index contributed by atoms with van der Waals surface area (Å²) in [6.45, 7) is 0.400. The normalized spacial score (nSPS) is 10.6. The Labute approximate surface area is 127 Å². The minimum Gasteiger partial charge on any atom is -0.496 e. The van der Waals surface area contributed by atoms with Crippen molar-refractivity contribution in [2.24, 2.45) is 0 Å². The quantitative estimate of drug-likeness (QED) is 0.733. The third-order valence-electron chi connectivity index (χ3n) is 3.12. The van der Waals surface area contributed by atoms with E-state index in [-0.39, 0.29) is 0 Å². The van der Waals surface area contributed by atoms with E-state index in [9.17, 15) is 0 Å². The highest BCUT2D eigenvalue weighted by atomic mass is 35.5. The minimum atomic E-state index is 0.400. The first-order valence-electron chi connectivity index (χ1n) is 6.41. The molecule has 2 aromatic carbocycles. The molecule has 0 aliphatic heterocycles. The molecule has 0 aliphatic carbocycles. The fraction of sp³-hybridized carbons (Fsp3) is 0.125. The molecule has 0 N–H and O–H groups in total. The second-order valence-corrected chi connectivity index (χ2v) is 4.92. The number of aromatic nitrogens is 2. The molecule has 0 saturated carbocycles. The molecule has 21 heavy (non-hydrogen) atoms. The Kier molecular flexibility index (Phi) is 3.88. The standard InChI is InChI=1S/C16H13ClN2O2/c1-20-16-6-13(17)4-2-12(16)9-21-14-5-3-11-8-18-10-19-15(11)7-14/h2-8,10H,9H2,1H3. The highest BCUT2D eigenvalue weighted by molar-refractivity contribution is 6.30. The number of methoxy groups -OCH3 is 1. The van der Waals surface area contributed by atoms with E-state index in [0.717, 1.165) is 22.2 Å². The van der Waals surface area contributed by atoms with Crippen LogP contribution in [-0.4, -0.2) is 17.1 Å². The van der Waals surface area contributed by atoms with Gasteiger partial charge in [0, 0.05) is 28.2 Å². The maximum Gasteiger partial charge on any atom is 0.126 e. The van der Waals surface area contributed by atoms with Crippen LogP contribution in [0.5, 0.6) is 11.5 Å². The zero-order valence-electron chi connectivity index (χ0n) is 11.4. The molecule has 0 unspecified atom stereocenters. The third-order valence-corrected chi connectivity index (χ3v) is 3.36. The molecular formula is C16H13ClN2O2. The fourth-order valence-electron chi connectivity index (χ4n) is 2.04. The monoisotopic (exact) mass is 300 g/mol. The van der Waals surface area contributed by atoms with E-state index >= 15 is 0 Å². The number of fused-ring (bicyclic) bond motifs is 1. The van der Waals surface area contributed by atoms with Crippen LogP contribution < -0.4 is 9.47 Å². The molecule has 0 bridgehead atoms. The van der Waals surface area contributed by atoms with E-state index in [4.69, 9.17) is 21.1 Å². The second-order valence-electron chi connectivity index (χ2n) is 4.49. The van der Waals surface area contributed by atoms with Gasteiger partial charge in [-0.25, -0.2) is 9.97 Å². The van der Waals surface area contributed by atoms with Gasteiger partial charge in [0.05, 0.1) is 12.6 Å². The Morgan fingerprint density at radius 3 is 2.90 bits per heavy atom. The van der Waals surface area contributed by atoms with Crippen molar-refractivity contribution >= 4 is 22.5 Å². The van der Waals surface area contributed by atoms with Gasteiger partial charge < -0.3 is 9.47 Å². The van der Waals surface area contributed by atoms with Gasteiger partial charge >= 0.3 is 0 Å². The van der Waals surface area contributed by atoms with Crippen molar-refractivity contribution in [2.45, 2.75) is 6.61 Å². The zero-order chi connectivity index (χ0) is 14.7. The molecule has 4 nitrogen and oxygen atoms in total. The van der Waals surface area contributed by atoms with Crippen LogP contribution in [0.1, 0.15) is 5.56 Å². The largest absolute Gasteiger partial charge is 0.496 e. The average Bonchev–Trinajstić information content (AvgIpc) is 2.53. The van der Waals surface area contributed by atoms with E-state index in [0.29, 0.717) is 17.4 Å². The topological polar surface area (TPSA) is 44.2 Å². The van der Waals surface area contributed by atoms with Gasteiger partial charge in [-0.05, 0) is 24.3 Å². The summed E-state index contributed by atoms with van der Waals surface area (Å²) in [6, 6.07) is 11.2. The number of halogens is 1. The van der Waals surface area contributed by atoms with Gasteiger partial charge in [0.1, 0.15) is 24.4 Å². The molecule has 0 radical (unpaired) electrons. The van der Waals surface area contributed by atoms with Crippen LogP contribution in [0.3, 0.4) is 0 Å². The molecule has 0 atom stereocenters. The van der Waals surface area contributed by atoms with Crippen molar-refractivity contribution in [3.8, 4) is 11.5 Å². The van der Waals surface area contributed by atoms with E-state index in [1.807, 2.05) is 30.3 Å². The summed E-state index contributed by atoms with van der Waals surface area (Å²) in [5, 5.41) is 1.62. The molecule has 3 rings (SSSR count). The molecule has 0 saturated heterocycles. The first kappa shape index (κ1) is 13.6. The number of hydrogen-bond donors (Lipinski definition) is 0. The lowest BCUT2D eigenvalue weighted by atomic mass is 10.2. The molecule has 5 heteroatoms. The van der Waals surface area contributed by atoms with Crippen LogP contribution in [0, 0.1) is 0 Å². The van der Waals surface area contributed by atoms with Gasteiger partial charge in [-0.3, -0.25) is 0 Å². The Bertz CT molecular complexity index is 777. The lowest BCUT2D eigenvalue weighted by Gasteiger charge is -2.11. The van der Waals surface area contributed by atoms with Crippen molar-refractivity contribution in [1.29, 1.82) is 0 Å². The third kappa shape index (κ3) is 3.06. The van der Waals surface area contributed by atoms with Gasteiger partial charge in [0.15, 0.2) is 0 Å². The van der Waals surface area contributed by atoms with Crippen LogP contribution in [0.4, 0.5) is 0 Å². The summed E-state index contributed by atoms with van der Waals surface area (Å²) < 4.78 is 11.1. The molecule has 106 valence electrons. The highest BCUT2D eigenvalue weighted by Gasteiger charge is 2.05. The Morgan fingerprint density at radius 1 is 1.14 bits per heavy atom. The minimum absolute atomic E-state index is 0.400. The van der Waals surface area contributed by atoms with Gasteiger partial charge in [0.25, 0.3) is 0 Å². The summed E-state index contributed by atoms with van der Waals surface area (Å²) in [4.78, 5) is 8.20. The maximum atomic E-state index is 5.94. The highest BCUT2D eigenvalue weighted by Crippen LogP contribution is 2.25. The predicted molar refractivity (Wildman–Crippen MR) is 81.9 cm³/mol. The summed E-state index contributed by atoms with van der Waals surface area (Å²) in [6.07, 6.45) is 3.29. The van der Waals surface area contributed by atoms with E-state index in [1.54, 1.807) is 19.4 Å². The Morgan fingerprint density at radius 2 is 2.05 bits per heavy atom. The van der Waals surface area contributed by atoms with Gasteiger partial charge in [-0.2, -0.15) is 0 Å². The van der Waals surface area contributed by atoms with E-state index in [2.05, 4.69) is 9.97 Å².